The number of fused-ring (bicyclic) bond motifs is 2. The second-order valence-electron chi connectivity index (χ2n) is 7.82. The van der Waals surface area contributed by atoms with E-state index in [9.17, 15) is 18.0 Å². The van der Waals surface area contributed by atoms with Crippen molar-refractivity contribution in [3.05, 3.63) is 65.2 Å². The Morgan fingerprint density at radius 2 is 1.83 bits per heavy atom. The van der Waals surface area contributed by atoms with Crippen molar-refractivity contribution in [3.8, 4) is 0 Å². The zero-order valence-electron chi connectivity index (χ0n) is 16.3. The van der Waals surface area contributed by atoms with Crippen molar-refractivity contribution in [3.63, 3.8) is 0 Å². The molecule has 2 aromatic rings. The number of halogens is 1. The molecule has 1 fully saturated rings. The number of allylic oxidation sites excluding steroid dienone is 2. The number of sulfone groups is 1. The van der Waals surface area contributed by atoms with E-state index in [1.807, 2.05) is 0 Å². The normalized spacial score (nSPS) is 22.1. The van der Waals surface area contributed by atoms with Gasteiger partial charge in [0, 0.05) is 23.4 Å². The van der Waals surface area contributed by atoms with E-state index in [4.69, 9.17) is 11.6 Å². The van der Waals surface area contributed by atoms with Crippen LogP contribution in [0.5, 0.6) is 0 Å². The van der Waals surface area contributed by atoms with Crippen molar-refractivity contribution < 1.29 is 18.0 Å². The minimum Gasteiger partial charge on any atom is -0.326 e. The third kappa shape index (κ3) is 4.27. The molecule has 156 valence electrons. The molecule has 2 aromatic carbocycles. The summed E-state index contributed by atoms with van der Waals surface area (Å²) in [4.78, 5) is 25.1. The van der Waals surface area contributed by atoms with Crippen LogP contribution >= 0.6 is 11.6 Å². The summed E-state index contributed by atoms with van der Waals surface area (Å²) in [6, 6.07) is 10.7. The molecule has 3 unspecified atom stereocenters. The van der Waals surface area contributed by atoms with Gasteiger partial charge in [0.2, 0.25) is 5.91 Å². The van der Waals surface area contributed by atoms with Crippen molar-refractivity contribution in [1.29, 1.82) is 0 Å². The standard InChI is InChI=1S/C22H21ClN2O4S/c1-30(28,29)17-4-2-3-15(11-17)21(26)25-20-8-7-16(12-19(20)23)24-22(27)18-10-13-5-6-14(18)9-13/h2-8,11-14,18H,9-10H2,1H3,(H,24,27)(H,25,26). The molecule has 6 nitrogen and oxygen atoms in total. The number of hydrogen-bond donors (Lipinski definition) is 2. The summed E-state index contributed by atoms with van der Waals surface area (Å²) in [6.07, 6.45) is 7.32. The fourth-order valence-electron chi connectivity index (χ4n) is 4.07. The molecular formula is C22H21ClN2O4S. The third-order valence-corrected chi connectivity index (χ3v) is 7.05. The SMILES string of the molecule is CS(=O)(=O)c1cccc(C(=O)Nc2ccc(NC(=O)C3CC4C=CC3C4)cc2Cl)c1. The molecule has 2 amide bonds. The highest BCUT2D eigenvalue weighted by Crippen LogP contribution is 2.43. The minimum absolute atomic E-state index is 0.0136. The molecule has 0 spiro atoms. The van der Waals surface area contributed by atoms with Crippen molar-refractivity contribution >= 4 is 44.6 Å². The lowest BCUT2D eigenvalue weighted by molar-refractivity contribution is -0.120. The van der Waals surface area contributed by atoms with Gasteiger partial charge in [0.25, 0.3) is 5.91 Å². The Hall–Kier alpha value is -2.64. The first-order valence-corrected chi connectivity index (χ1v) is 11.9. The van der Waals surface area contributed by atoms with E-state index in [1.54, 1.807) is 18.2 Å². The maximum absolute atomic E-state index is 12.6. The molecule has 2 bridgehead atoms. The summed E-state index contributed by atoms with van der Waals surface area (Å²) in [5.41, 5.74) is 1.14. The largest absolute Gasteiger partial charge is 0.326 e. The molecule has 0 heterocycles. The molecule has 0 saturated heterocycles. The van der Waals surface area contributed by atoms with Crippen LogP contribution in [0.1, 0.15) is 23.2 Å². The van der Waals surface area contributed by atoms with Gasteiger partial charge in [-0.05, 0) is 61.1 Å². The van der Waals surface area contributed by atoms with Gasteiger partial charge in [0.05, 0.1) is 15.6 Å². The third-order valence-electron chi connectivity index (χ3n) is 5.62. The lowest BCUT2D eigenvalue weighted by Gasteiger charge is -2.18. The van der Waals surface area contributed by atoms with Crippen LogP contribution in [0.15, 0.2) is 59.5 Å². The van der Waals surface area contributed by atoms with E-state index < -0.39 is 15.7 Å². The van der Waals surface area contributed by atoms with Crippen LogP contribution in [0.4, 0.5) is 11.4 Å². The number of carbonyl (C=O) groups is 2. The number of carbonyl (C=O) groups excluding carboxylic acids is 2. The Balaban J connectivity index is 1.44. The van der Waals surface area contributed by atoms with Gasteiger partial charge in [-0.25, -0.2) is 8.42 Å². The summed E-state index contributed by atoms with van der Waals surface area (Å²) in [7, 11) is -3.42. The predicted molar refractivity (Wildman–Crippen MR) is 116 cm³/mol. The molecule has 30 heavy (non-hydrogen) atoms. The number of hydrogen-bond acceptors (Lipinski definition) is 4. The van der Waals surface area contributed by atoms with Crippen molar-refractivity contribution in [1.82, 2.24) is 0 Å². The monoisotopic (exact) mass is 444 g/mol. The predicted octanol–water partition coefficient (Wildman–Crippen LogP) is 4.15. The molecule has 0 aliphatic heterocycles. The van der Waals surface area contributed by atoms with Crippen LogP contribution in [0.2, 0.25) is 5.02 Å². The van der Waals surface area contributed by atoms with Crippen LogP contribution in [0.25, 0.3) is 0 Å². The van der Waals surface area contributed by atoms with Gasteiger partial charge < -0.3 is 10.6 Å². The van der Waals surface area contributed by atoms with E-state index >= 15 is 0 Å². The van der Waals surface area contributed by atoms with E-state index in [2.05, 4.69) is 22.8 Å². The van der Waals surface area contributed by atoms with Gasteiger partial charge in [-0.3, -0.25) is 9.59 Å². The molecule has 1 saturated carbocycles. The second kappa shape index (κ2) is 7.89. The molecule has 8 heteroatoms. The Bertz CT molecular complexity index is 1160. The second-order valence-corrected chi connectivity index (χ2v) is 10.2. The summed E-state index contributed by atoms with van der Waals surface area (Å²) < 4.78 is 23.4. The van der Waals surface area contributed by atoms with E-state index in [0.717, 1.165) is 19.1 Å². The maximum atomic E-state index is 12.6. The van der Waals surface area contributed by atoms with Gasteiger partial charge in [-0.15, -0.1) is 0 Å². The van der Waals surface area contributed by atoms with Gasteiger partial charge >= 0.3 is 0 Å². The van der Waals surface area contributed by atoms with Crippen molar-refractivity contribution in [2.24, 2.45) is 17.8 Å². The summed E-state index contributed by atoms with van der Waals surface area (Å²) in [5.74, 6) is 0.311. The first-order chi connectivity index (χ1) is 14.2. The molecule has 2 N–H and O–H groups in total. The van der Waals surface area contributed by atoms with E-state index in [-0.39, 0.29) is 27.3 Å². The van der Waals surface area contributed by atoms with Crippen LogP contribution in [-0.2, 0) is 14.6 Å². The highest BCUT2D eigenvalue weighted by atomic mass is 35.5. The van der Waals surface area contributed by atoms with Crippen LogP contribution in [-0.4, -0.2) is 26.5 Å². The van der Waals surface area contributed by atoms with Crippen molar-refractivity contribution in [2.75, 3.05) is 16.9 Å². The Morgan fingerprint density at radius 3 is 2.47 bits per heavy atom. The van der Waals surface area contributed by atoms with Crippen LogP contribution in [0.3, 0.4) is 0 Å². The molecular weight excluding hydrogens is 424 g/mol. The van der Waals surface area contributed by atoms with Crippen LogP contribution in [0, 0.1) is 17.8 Å². The number of amides is 2. The fraction of sp³-hybridized carbons (Fsp3) is 0.273. The van der Waals surface area contributed by atoms with Gasteiger partial charge in [-0.1, -0.05) is 29.8 Å². The molecule has 0 aromatic heterocycles. The number of benzene rings is 2. The molecule has 2 aliphatic carbocycles. The lowest BCUT2D eigenvalue weighted by atomic mass is 9.93. The highest BCUT2D eigenvalue weighted by molar-refractivity contribution is 7.90. The summed E-state index contributed by atoms with van der Waals surface area (Å²) >= 11 is 6.30. The first-order valence-electron chi connectivity index (χ1n) is 9.61. The van der Waals surface area contributed by atoms with E-state index in [0.29, 0.717) is 23.2 Å². The summed E-state index contributed by atoms with van der Waals surface area (Å²) in [5, 5.41) is 5.86. The average molecular weight is 445 g/mol. The molecule has 2 aliphatic rings. The molecule has 4 rings (SSSR count). The molecule has 3 atom stereocenters. The molecule has 0 radical (unpaired) electrons. The zero-order chi connectivity index (χ0) is 21.5. The number of nitrogens with one attached hydrogen (secondary N) is 2. The number of anilines is 2. The zero-order valence-corrected chi connectivity index (χ0v) is 17.8. The van der Waals surface area contributed by atoms with Crippen molar-refractivity contribution in [2.45, 2.75) is 17.7 Å². The summed E-state index contributed by atoms with van der Waals surface area (Å²) in [6.45, 7) is 0. The van der Waals surface area contributed by atoms with Gasteiger partial charge in [0.15, 0.2) is 9.84 Å². The Kier molecular flexibility index (Phi) is 5.42. The first kappa shape index (κ1) is 20.6. The van der Waals surface area contributed by atoms with Gasteiger partial charge in [0.1, 0.15) is 0 Å². The van der Waals surface area contributed by atoms with Crippen LogP contribution < -0.4 is 10.6 Å². The highest BCUT2D eigenvalue weighted by Gasteiger charge is 2.39. The Labute approximate surface area is 180 Å². The smallest absolute Gasteiger partial charge is 0.255 e. The maximum Gasteiger partial charge on any atom is 0.255 e. The van der Waals surface area contributed by atoms with E-state index in [1.165, 1.54) is 24.3 Å². The van der Waals surface area contributed by atoms with Gasteiger partial charge in [-0.2, -0.15) is 0 Å². The Morgan fingerprint density at radius 1 is 1.03 bits per heavy atom. The quantitative estimate of drug-likeness (QED) is 0.677. The minimum atomic E-state index is -3.42. The average Bonchev–Trinajstić information content (AvgIpc) is 3.33. The fourth-order valence-corrected chi connectivity index (χ4v) is 4.97. The topological polar surface area (TPSA) is 92.3 Å². The number of rotatable bonds is 5. The lowest BCUT2D eigenvalue weighted by Crippen LogP contribution is -2.25.